The number of hydrogen-bond donors (Lipinski definition) is 2. The van der Waals surface area contributed by atoms with Crippen LogP contribution in [-0.4, -0.2) is 40.8 Å². The predicted octanol–water partition coefficient (Wildman–Crippen LogP) is 0.622. The molecule has 0 fully saturated rings. The molecule has 0 saturated carbocycles. The molecular weight excluding hydrogens is 308 g/mol. The second-order valence-corrected chi connectivity index (χ2v) is 6.26. The van der Waals surface area contributed by atoms with Crippen molar-refractivity contribution in [2.24, 2.45) is 10.1 Å². The molecule has 0 radical (unpaired) electrons. The van der Waals surface area contributed by atoms with Crippen molar-refractivity contribution in [2.75, 3.05) is 21.3 Å². The van der Waals surface area contributed by atoms with Gasteiger partial charge < -0.3 is 10.5 Å². The first-order valence-corrected chi connectivity index (χ1v) is 7.87. The lowest BCUT2D eigenvalue weighted by Gasteiger charge is -2.16. The van der Waals surface area contributed by atoms with E-state index >= 15 is 0 Å². The Bertz CT molecular complexity index is 686. The number of nitrogens with zero attached hydrogens (tertiary/aromatic N) is 2. The van der Waals surface area contributed by atoms with Crippen molar-refractivity contribution in [1.29, 1.82) is 0 Å². The van der Waals surface area contributed by atoms with E-state index in [1.807, 2.05) is 0 Å². The number of sulfonamides is 1. The minimum Gasteiger partial charge on any atom is -0.496 e. The first-order valence-electron chi connectivity index (χ1n) is 6.43. The van der Waals surface area contributed by atoms with Crippen LogP contribution in [0, 0.1) is 20.8 Å². The summed E-state index contributed by atoms with van der Waals surface area (Å²) >= 11 is 0. The second-order valence-electron chi connectivity index (χ2n) is 4.72. The lowest BCUT2D eigenvalue weighted by Crippen LogP contribution is -2.43. The summed E-state index contributed by atoms with van der Waals surface area (Å²) in [5.74, 6) is 0.333. The summed E-state index contributed by atoms with van der Waals surface area (Å²) in [6.45, 7) is 5.18. The van der Waals surface area contributed by atoms with Crippen LogP contribution in [0.3, 0.4) is 0 Å². The summed E-state index contributed by atoms with van der Waals surface area (Å²) in [7, 11) is 0.494. The standard InChI is InChI=1S/C13H22N4O4S/c1-8-7-11(20-5)9(2)10(3)12(8)22(18,19)16-13(14)15-17(4)21-6/h7H,1-6H3,(H3,14,15,16). The quantitative estimate of drug-likeness (QED) is 0.463. The lowest BCUT2D eigenvalue weighted by molar-refractivity contribution is -0.133. The molecule has 0 aliphatic carbocycles. The van der Waals surface area contributed by atoms with Crippen LogP contribution in [0.4, 0.5) is 0 Å². The molecule has 0 unspecified atom stereocenters. The van der Waals surface area contributed by atoms with E-state index in [2.05, 4.69) is 9.82 Å². The van der Waals surface area contributed by atoms with Gasteiger partial charge in [-0.1, -0.05) is 0 Å². The fourth-order valence-corrected chi connectivity index (χ4v) is 3.43. The molecule has 0 amide bonds. The number of nitrogens with one attached hydrogen (secondary N) is 1. The van der Waals surface area contributed by atoms with E-state index in [1.165, 1.54) is 21.3 Å². The van der Waals surface area contributed by atoms with Crippen molar-refractivity contribution in [2.45, 2.75) is 25.7 Å². The Morgan fingerprint density at radius 2 is 1.86 bits per heavy atom. The van der Waals surface area contributed by atoms with Gasteiger partial charge >= 0.3 is 0 Å². The number of ether oxygens (including phenoxy) is 1. The molecule has 22 heavy (non-hydrogen) atoms. The van der Waals surface area contributed by atoms with Gasteiger partial charge in [0.2, 0.25) is 5.96 Å². The van der Waals surface area contributed by atoms with Crippen LogP contribution >= 0.6 is 0 Å². The summed E-state index contributed by atoms with van der Waals surface area (Å²) in [5, 5.41) is 1.13. The number of benzene rings is 1. The van der Waals surface area contributed by atoms with E-state index in [0.29, 0.717) is 16.9 Å². The average molecular weight is 330 g/mol. The first kappa shape index (κ1) is 18.2. The van der Waals surface area contributed by atoms with Gasteiger partial charge in [-0.15, -0.1) is 9.57 Å². The van der Waals surface area contributed by atoms with E-state index in [0.717, 1.165) is 10.7 Å². The molecule has 124 valence electrons. The molecule has 3 N–H and O–H groups in total. The zero-order chi connectivity index (χ0) is 17.1. The Labute approximate surface area is 130 Å². The maximum Gasteiger partial charge on any atom is 0.286 e. The number of hydroxylamine groups is 1. The van der Waals surface area contributed by atoms with E-state index in [-0.39, 0.29) is 10.9 Å². The number of guanidine groups is 1. The van der Waals surface area contributed by atoms with E-state index < -0.39 is 10.0 Å². The van der Waals surface area contributed by atoms with Crippen molar-refractivity contribution in [3.05, 3.63) is 22.8 Å². The van der Waals surface area contributed by atoms with Gasteiger partial charge in [-0.25, -0.2) is 0 Å². The van der Waals surface area contributed by atoms with Crippen molar-refractivity contribution < 1.29 is 18.0 Å². The fourth-order valence-electron chi connectivity index (χ4n) is 2.03. The third kappa shape index (κ3) is 3.87. The Kier molecular flexibility index (Phi) is 5.75. The minimum absolute atomic E-state index is 0.121. The number of hydrazine groups is 1. The van der Waals surface area contributed by atoms with Crippen LogP contribution < -0.4 is 15.9 Å². The molecular formula is C13H22N4O4S. The third-order valence-corrected chi connectivity index (χ3v) is 4.80. The Morgan fingerprint density at radius 1 is 1.27 bits per heavy atom. The van der Waals surface area contributed by atoms with E-state index in [9.17, 15) is 8.42 Å². The van der Waals surface area contributed by atoms with Crippen LogP contribution in [0.2, 0.25) is 0 Å². The summed E-state index contributed by atoms with van der Waals surface area (Å²) in [4.78, 5) is 4.91. The molecule has 0 heterocycles. The Hall–Kier alpha value is -1.84. The number of rotatable bonds is 5. The Balaban J connectivity index is 3.36. The summed E-state index contributed by atoms with van der Waals surface area (Å²) in [6.07, 6.45) is 0. The second kappa shape index (κ2) is 6.95. The van der Waals surface area contributed by atoms with Crippen molar-refractivity contribution >= 4 is 16.0 Å². The maximum absolute atomic E-state index is 12.5. The average Bonchev–Trinajstić information content (AvgIpc) is 2.41. The zero-order valence-electron chi connectivity index (χ0n) is 13.6. The molecule has 0 aliphatic heterocycles. The van der Waals surface area contributed by atoms with Crippen molar-refractivity contribution in [1.82, 2.24) is 10.6 Å². The predicted molar refractivity (Wildman–Crippen MR) is 83.9 cm³/mol. The van der Waals surface area contributed by atoms with Gasteiger partial charge in [0.05, 0.1) is 19.1 Å². The molecule has 9 heteroatoms. The highest BCUT2D eigenvalue weighted by Gasteiger charge is 2.23. The zero-order valence-corrected chi connectivity index (χ0v) is 14.4. The van der Waals surface area contributed by atoms with E-state index in [4.69, 9.17) is 15.3 Å². The van der Waals surface area contributed by atoms with Crippen molar-refractivity contribution in [3.8, 4) is 5.75 Å². The summed E-state index contributed by atoms with van der Waals surface area (Å²) in [5.41, 5.74) is 9.90. The van der Waals surface area contributed by atoms with Crippen LogP contribution in [0.25, 0.3) is 0 Å². The molecule has 0 aliphatic rings. The largest absolute Gasteiger partial charge is 0.496 e. The van der Waals surface area contributed by atoms with Gasteiger partial charge in [-0.3, -0.25) is 10.3 Å². The number of nitrogens with two attached hydrogens (primary N) is 1. The molecule has 0 saturated heterocycles. The van der Waals surface area contributed by atoms with Crippen molar-refractivity contribution in [3.63, 3.8) is 0 Å². The minimum atomic E-state index is -3.96. The maximum atomic E-state index is 12.5. The van der Waals surface area contributed by atoms with Crippen LogP contribution in [0.1, 0.15) is 16.7 Å². The molecule has 0 atom stereocenters. The molecule has 0 bridgehead atoms. The van der Waals surface area contributed by atoms with Crippen LogP contribution in [0.15, 0.2) is 15.4 Å². The molecule has 8 nitrogen and oxygen atoms in total. The number of aryl methyl sites for hydroxylation is 1. The molecule has 1 aromatic rings. The SMILES string of the molecule is COc1cc(C)c(S(=O)(=O)N=C(N)NN(C)OC)c(C)c1C. The smallest absolute Gasteiger partial charge is 0.286 e. The van der Waals surface area contributed by atoms with Gasteiger partial charge in [0, 0.05) is 7.05 Å². The summed E-state index contributed by atoms with van der Waals surface area (Å²) in [6, 6.07) is 1.66. The van der Waals surface area contributed by atoms with Gasteiger partial charge in [-0.2, -0.15) is 8.42 Å². The van der Waals surface area contributed by atoms with Gasteiger partial charge in [0.15, 0.2) is 0 Å². The molecule has 0 spiro atoms. The molecule has 1 rings (SSSR count). The topological polar surface area (TPSA) is 106 Å². The molecule has 1 aromatic carbocycles. The number of methoxy groups -OCH3 is 1. The highest BCUT2D eigenvalue weighted by atomic mass is 32.2. The number of hydrogen-bond acceptors (Lipinski definition) is 5. The molecule has 0 aromatic heterocycles. The van der Waals surface area contributed by atoms with Gasteiger partial charge in [0.25, 0.3) is 10.0 Å². The fraction of sp³-hybridized carbons (Fsp3) is 0.462. The van der Waals surface area contributed by atoms with Gasteiger partial charge in [-0.05, 0) is 43.5 Å². The summed E-state index contributed by atoms with van der Waals surface area (Å²) < 4.78 is 33.8. The lowest BCUT2D eigenvalue weighted by atomic mass is 10.1. The first-order chi connectivity index (χ1) is 10.1. The monoisotopic (exact) mass is 330 g/mol. The van der Waals surface area contributed by atoms with Crippen LogP contribution in [0.5, 0.6) is 5.75 Å². The van der Waals surface area contributed by atoms with Gasteiger partial charge in [0.1, 0.15) is 5.75 Å². The van der Waals surface area contributed by atoms with E-state index in [1.54, 1.807) is 26.8 Å². The Morgan fingerprint density at radius 3 is 2.36 bits per heavy atom. The highest BCUT2D eigenvalue weighted by molar-refractivity contribution is 7.90. The highest BCUT2D eigenvalue weighted by Crippen LogP contribution is 2.31. The third-order valence-electron chi connectivity index (χ3n) is 3.22. The van der Waals surface area contributed by atoms with Crippen LogP contribution in [-0.2, 0) is 14.9 Å². The normalized spacial score (nSPS) is 12.6.